The first-order chi connectivity index (χ1) is 17.3. The number of amides is 3. The van der Waals surface area contributed by atoms with Crippen LogP contribution in [0.5, 0.6) is 0 Å². The summed E-state index contributed by atoms with van der Waals surface area (Å²) in [4.78, 5) is 33.2. The second kappa shape index (κ2) is 11.2. The van der Waals surface area contributed by atoms with Crippen molar-refractivity contribution in [2.45, 2.75) is 50.9 Å². The molecule has 3 amide bonds. The van der Waals surface area contributed by atoms with Crippen molar-refractivity contribution in [3.8, 4) is 0 Å². The van der Waals surface area contributed by atoms with Gasteiger partial charge in [-0.1, -0.05) is 27.5 Å². The molecule has 0 radical (unpaired) electrons. The fourth-order valence-corrected chi connectivity index (χ4v) is 7.88. The van der Waals surface area contributed by atoms with Crippen molar-refractivity contribution in [3.05, 3.63) is 59.8 Å². The fraction of sp³-hybridized carbons (Fsp3) is 0.519. The van der Waals surface area contributed by atoms with Crippen molar-refractivity contribution in [3.63, 3.8) is 0 Å². The summed E-state index contributed by atoms with van der Waals surface area (Å²) < 4.78 is 2.22. The highest BCUT2D eigenvalue weighted by atomic mass is 127. The van der Waals surface area contributed by atoms with Gasteiger partial charge in [0.25, 0.3) is 0 Å². The second-order valence-electron chi connectivity index (χ2n) is 10.3. The summed E-state index contributed by atoms with van der Waals surface area (Å²) in [6, 6.07) is 6.04. The third kappa shape index (κ3) is 5.55. The van der Waals surface area contributed by atoms with E-state index in [0.29, 0.717) is 31.3 Å². The maximum Gasteiger partial charge on any atom is 0.314 e. The first-order valence-corrected chi connectivity index (χ1v) is 15.0. The van der Waals surface area contributed by atoms with Crippen LogP contribution in [-0.2, 0) is 17.6 Å². The lowest BCUT2D eigenvalue weighted by atomic mass is 9.76. The van der Waals surface area contributed by atoms with Crippen LogP contribution in [0.1, 0.15) is 60.4 Å². The second-order valence-corrected chi connectivity index (χ2v) is 12.9. The maximum atomic E-state index is 13.1. The van der Waals surface area contributed by atoms with Gasteiger partial charge < -0.3 is 15.5 Å². The first-order valence-electron chi connectivity index (χ1n) is 12.7. The minimum Gasteiger partial charge on any atom is -0.351 e. The number of carbonyl (C=O) groups is 2. The Morgan fingerprint density at radius 1 is 1.03 bits per heavy atom. The van der Waals surface area contributed by atoms with Crippen LogP contribution in [-0.4, -0.2) is 52.9 Å². The van der Waals surface area contributed by atoms with Crippen LogP contribution in [0.2, 0.25) is 5.02 Å². The lowest BCUT2D eigenvalue weighted by Gasteiger charge is -2.38. The summed E-state index contributed by atoms with van der Waals surface area (Å²) in [5, 5.41) is 0.759. The van der Waals surface area contributed by atoms with E-state index >= 15 is 0 Å². The van der Waals surface area contributed by atoms with Gasteiger partial charge in [-0.2, -0.15) is 0 Å². The molecule has 2 saturated heterocycles. The summed E-state index contributed by atoms with van der Waals surface area (Å²) in [5.41, 5.74) is 10.5. The van der Waals surface area contributed by atoms with Gasteiger partial charge in [0.1, 0.15) is 0 Å². The van der Waals surface area contributed by atoms with Crippen molar-refractivity contribution >= 4 is 62.1 Å². The Labute approximate surface area is 239 Å². The van der Waals surface area contributed by atoms with Crippen molar-refractivity contribution in [2.24, 2.45) is 17.6 Å². The Bertz CT molecular complexity index is 1160. The van der Waals surface area contributed by atoms with Gasteiger partial charge in [0.05, 0.1) is 5.69 Å². The minimum atomic E-state index is -0.360. The molecule has 9 heteroatoms. The largest absolute Gasteiger partial charge is 0.351 e. The van der Waals surface area contributed by atoms with E-state index in [1.54, 1.807) is 4.90 Å². The van der Waals surface area contributed by atoms with E-state index in [0.717, 1.165) is 64.7 Å². The molecule has 192 valence electrons. The molecular formula is C27H31BrClIN4O2. The summed E-state index contributed by atoms with van der Waals surface area (Å²) >= 11 is 12.6. The molecule has 3 aliphatic rings. The topological polar surface area (TPSA) is 79.5 Å². The van der Waals surface area contributed by atoms with Crippen LogP contribution in [0.15, 0.2) is 28.9 Å². The number of fused-ring (bicyclic) bond motifs is 2. The molecule has 1 atom stereocenters. The zero-order valence-electron chi connectivity index (χ0n) is 20.2. The number of primary amides is 1. The lowest BCUT2D eigenvalue weighted by Crippen LogP contribution is -2.44. The number of benzene rings is 1. The molecule has 5 rings (SSSR count). The number of rotatable bonds is 3. The van der Waals surface area contributed by atoms with Gasteiger partial charge in [0.2, 0.25) is 5.91 Å². The van der Waals surface area contributed by atoms with Gasteiger partial charge in [0, 0.05) is 57.8 Å². The number of urea groups is 1. The van der Waals surface area contributed by atoms with E-state index < -0.39 is 0 Å². The van der Waals surface area contributed by atoms with Crippen LogP contribution in [0.3, 0.4) is 0 Å². The van der Waals surface area contributed by atoms with E-state index in [4.69, 9.17) is 22.3 Å². The van der Waals surface area contributed by atoms with E-state index in [2.05, 4.69) is 50.7 Å². The number of piperidine rings is 2. The normalized spacial score (nSPS) is 21.0. The summed E-state index contributed by atoms with van der Waals surface area (Å²) in [6.45, 7) is 2.86. The Morgan fingerprint density at radius 3 is 2.39 bits per heavy atom. The third-order valence-electron chi connectivity index (χ3n) is 8.17. The van der Waals surface area contributed by atoms with Crippen LogP contribution < -0.4 is 5.73 Å². The average Bonchev–Trinajstić information content (AvgIpc) is 3.01. The van der Waals surface area contributed by atoms with Crippen LogP contribution in [0.4, 0.5) is 4.79 Å². The quantitative estimate of drug-likeness (QED) is 0.418. The highest BCUT2D eigenvalue weighted by molar-refractivity contribution is 14.1. The number of carbonyl (C=O) groups excluding carboxylic acids is 2. The number of nitrogens with zero attached hydrogens (tertiary/aromatic N) is 3. The SMILES string of the molecule is NC(=O)N1CCC(CC(=O)N2CCC([C@@H]3c4ncc(I)cc4CCc4cc(Cl)cc(Br)c43)CC2)CC1. The molecule has 1 aromatic carbocycles. The Kier molecular flexibility index (Phi) is 8.12. The first kappa shape index (κ1) is 26.2. The molecule has 2 fully saturated rings. The summed E-state index contributed by atoms with van der Waals surface area (Å²) in [7, 11) is 0. The molecule has 0 unspecified atom stereocenters. The van der Waals surface area contributed by atoms with Gasteiger partial charge in [-0.3, -0.25) is 9.78 Å². The number of hydrogen-bond donors (Lipinski definition) is 1. The van der Waals surface area contributed by atoms with E-state index in [1.165, 1.54) is 22.4 Å². The van der Waals surface area contributed by atoms with Crippen LogP contribution in [0.25, 0.3) is 0 Å². The molecule has 2 aromatic rings. The predicted molar refractivity (Wildman–Crippen MR) is 153 cm³/mol. The highest BCUT2D eigenvalue weighted by Crippen LogP contribution is 2.46. The molecule has 0 saturated carbocycles. The van der Waals surface area contributed by atoms with Crippen LogP contribution in [0, 0.1) is 15.4 Å². The third-order valence-corrected chi connectivity index (χ3v) is 9.63. The molecule has 3 heterocycles. The van der Waals surface area contributed by atoms with Gasteiger partial charge >= 0.3 is 6.03 Å². The zero-order valence-corrected chi connectivity index (χ0v) is 24.7. The number of hydrogen-bond acceptors (Lipinski definition) is 3. The Morgan fingerprint density at radius 2 is 1.69 bits per heavy atom. The minimum absolute atomic E-state index is 0.191. The number of halogens is 3. The van der Waals surface area contributed by atoms with Gasteiger partial charge in [-0.05, 0) is 108 Å². The van der Waals surface area contributed by atoms with E-state index in [9.17, 15) is 9.59 Å². The van der Waals surface area contributed by atoms with Crippen molar-refractivity contribution in [1.82, 2.24) is 14.8 Å². The van der Waals surface area contributed by atoms with Crippen molar-refractivity contribution in [2.75, 3.05) is 26.2 Å². The number of aromatic nitrogens is 1. The van der Waals surface area contributed by atoms with Gasteiger partial charge in [0.15, 0.2) is 0 Å². The highest BCUT2D eigenvalue weighted by Gasteiger charge is 2.36. The Hall–Kier alpha value is -1.39. The molecule has 1 aromatic heterocycles. The number of nitrogens with two attached hydrogens (primary N) is 1. The molecule has 6 nitrogen and oxygen atoms in total. The number of likely N-dealkylation sites (tertiary alicyclic amines) is 2. The summed E-state index contributed by atoms with van der Waals surface area (Å²) in [5.74, 6) is 1.18. The van der Waals surface area contributed by atoms with E-state index in [1.807, 2.05) is 17.2 Å². The summed E-state index contributed by atoms with van der Waals surface area (Å²) in [6.07, 6.45) is 8.06. The van der Waals surface area contributed by atoms with Crippen LogP contribution >= 0.6 is 50.1 Å². The fourth-order valence-electron chi connectivity index (χ4n) is 6.25. The molecule has 36 heavy (non-hydrogen) atoms. The average molecular weight is 686 g/mol. The molecular weight excluding hydrogens is 655 g/mol. The smallest absolute Gasteiger partial charge is 0.314 e. The number of aryl methyl sites for hydroxylation is 2. The molecule has 0 spiro atoms. The molecule has 1 aliphatic carbocycles. The monoisotopic (exact) mass is 684 g/mol. The lowest BCUT2D eigenvalue weighted by molar-refractivity contribution is -0.134. The number of pyridine rings is 1. The standard InChI is InChI=1S/C27H31BrClIN4O2/c28-22-14-20(29)12-18-1-2-19-13-21(30)15-32-26(19)25(24(18)22)17-5-9-33(10-6-17)23(35)11-16-3-7-34(8-4-16)27(31)36/h12-17,25H,1-11H2,(H2,31,36)/t25-/m0/s1. The van der Waals surface area contributed by atoms with E-state index in [-0.39, 0.29) is 17.9 Å². The Balaban J connectivity index is 1.31. The molecule has 2 N–H and O–H groups in total. The van der Waals surface area contributed by atoms with Crippen molar-refractivity contribution < 1.29 is 9.59 Å². The molecule has 0 bridgehead atoms. The zero-order chi connectivity index (χ0) is 25.4. The van der Waals surface area contributed by atoms with Gasteiger partial charge in [-0.15, -0.1) is 0 Å². The van der Waals surface area contributed by atoms with Crippen molar-refractivity contribution in [1.29, 1.82) is 0 Å². The predicted octanol–water partition coefficient (Wildman–Crippen LogP) is 5.75. The molecule has 2 aliphatic heterocycles. The van der Waals surface area contributed by atoms with Gasteiger partial charge in [-0.25, -0.2) is 4.79 Å². The maximum absolute atomic E-state index is 13.1.